The smallest absolute Gasteiger partial charge is 0.274 e. The first-order chi connectivity index (χ1) is 6.97. The molecule has 1 aromatic rings. The van der Waals surface area contributed by atoms with E-state index in [2.05, 4.69) is 0 Å². The van der Waals surface area contributed by atoms with Crippen LogP contribution in [-0.4, -0.2) is 10.2 Å². The summed E-state index contributed by atoms with van der Waals surface area (Å²) in [4.78, 5) is 20.9. The topological polar surface area (TPSA) is 84.0 Å². The summed E-state index contributed by atoms with van der Waals surface area (Å²) < 4.78 is 0. The lowest BCUT2D eigenvalue weighted by Crippen LogP contribution is -2.00. The molecule has 0 aliphatic heterocycles. The van der Waals surface area contributed by atoms with Crippen molar-refractivity contribution in [3.63, 3.8) is 0 Å². The Morgan fingerprint density at radius 3 is 2.60 bits per heavy atom. The van der Waals surface area contributed by atoms with Gasteiger partial charge in [-0.25, -0.2) is 0 Å². The molecule has 0 aliphatic rings. The number of benzene rings is 1. The van der Waals surface area contributed by atoms with Crippen LogP contribution in [0, 0.1) is 28.4 Å². The van der Waals surface area contributed by atoms with Crippen molar-refractivity contribution in [3.05, 3.63) is 38.9 Å². The second-order valence-electron chi connectivity index (χ2n) is 2.81. The summed E-state index contributed by atoms with van der Waals surface area (Å²) in [6.45, 7) is 1.41. The van der Waals surface area contributed by atoms with Crippen LogP contribution in [0.2, 0.25) is 0 Å². The molecule has 0 spiro atoms. The van der Waals surface area contributed by atoms with E-state index in [1.54, 1.807) is 6.07 Å². The Bertz CT molecular complexity index is 456. The maximum atomic E-state index is 10.9. The van der Waals surface area contributed by atoms with Gasteiger partial charge in [0.1, 0.15) is 0 Å². The van der Waals surface area contributed by atoms with Crippen molar-refractivity contribution in [3.8, 4) is 6.07 Å². The minimum Gasteiger partial charge on any atom is -0.276 e. The highest BCUT2D eigenvalue weighted by Gasteiger charge is 2.19. The quantitative estimate of drug-likeness (QED) is 0.438. The van der Waals surface area contributed by atoms with Crippen LogP contribution in [0.25, 0.3) is 0 Å². The third-order valence-electron chi connectivity index (χ3n) is 1.92. The molecule has 15 heavy (non-hydrogen) atoms. The number of halogens is 1. The number of rotatable bonds is 2. The zero-order valence-electron chi connectivity index (χ0n) is 7.65. The van der Waals surface area contributed by atoms with Crippen LogP contribution in [0.1, 0.15) is 21.5 Å². The maximum Gasteiger partial charge on any atom is 0.274 e. The van der Waals surface area contributed by atoms with E-state index in [0.717, 1.165) is 6.07 Å². The maximum absolute atomic E-state index is 10.9. The van der Waals surface area contributed by atoms with Gasteiger partial charge in [0.2, 0.25) is 0 Å². The van der Waals surface area contributed by atoms with Crippen molar-refractivity contribution in [2.75, 3.05) is 0 Å². The molecular formula is C9H5ClN2O3. The van der Waals surface area contributed by atoms with E-state index in [0.29, 0.717) is 0 Å². The molecule has 0 aromatic heterocycles. The van der Waals surface area contributed by atoms with Crippen LogP contribution in [0.5, 0.6) is 0 Å². The number of carbonyl (C=O) groups is 1. The van der Waals surface area contributed by atoms with Crippen molar-refractivity contribution < 1.29 is 9.72 Å². The van der Waals surface area contributed by atoms with Gasteiger partial charge < -0.3 is 0 Å². The Balaban J connectivity index is 3.56. The summed E-state index contributed by atoms with van der Waals surface area (Å²) in [5.74, 6) is 0. The van der Waals surface area contributed by atoms with Crippen LogP contribution < -0.4 is 0 Å². The Morgan fingerprint density at radius 2 is 2.20 bits per heavy atom. The van der Waals surface area contributed by atoms with Gasteiger partial charge in [-0.05, 0) is 24.6 Å². The first kappa shape index (κ1) is 11.1. The minimum absolute atomic E-state index is 0.0117. The molecular weight excluding hydrogens is 220 g/mol. The molecule has 0 atom stereocenters. The monoisotopic (exact) mass is 224 g/mol. The van der Waals surface area contributed by atoms with Crippen LogP contribution in [-0.2, 0) is 0 Å². The number of nitriles is 1. The Kier molecular flexibility index (Phi) is 3.02. The average Bonchev–Trinajstić information content (AvgIpc) is 2.17. The molecule has 0 saturated carbocycles. The van der Waals surface area contributed by atoms with Gasteiger partial charge in [0.05, 0.1) is 16.6 Å². The number of nitro benzene ring substituents is 1. The lowest BCUT2D eigenvalue weighted by molar-refractivity contribution is -0.385. The molecule has 0 unspecified atom stereocenters. The molecule has 0 aliphatic carbocycles. The zero-order chi connectivity index (χ0) is 11.6. The fourth-order valence-electron chi connectivity index (χ4n) is 1.16. The standard InChI is InChI=1S/C9H5ClN2O3/c1-5-7(9(10)13)2-6(4-11)3-8(5)12(14)15/h2-3H,1H3. The largest absolute Gasteiger partial charge is 0.276 e. The fourth-order valence-corrected chi connectivity index (χ4v) is 1.35. The second-order valence-corrected chi connectivity index (χ2v) is 3.15. The van der Waals surface area contributed by atoms with Crippen LogP contribution in [0.4, 0.5) is 5.69 Å². The van der Waals surface area contributed by atoms with E-state index in [9.17, 15) is 14.9 Å². The molecule has 0 heterocycles. The van der Waals surface area contributed by atoms with E-state index in [-0.39, 0.29) is 22.4 Å². The van der Waals surface area contributed by atoms with Crippen molar-refractivity contribution in [2.45, 2.75) is 6.92 Å². The molecule has 0 saturated heterocycles. The highest BCUT2D eigenvalue weighted by Crippen LogP contribution is 2.24. The minimum atomic E-state index is -0.812. The van der Waals surface area contributed by atoms with Gasteiger partial charge in [0.25, 0.3) is 10.9 Å². The summed E-state index contributed by atoms with van der Waals surface area (Å²) in [6.07, 6.45) is 0. The first-order valence-electron chi connectivity index (χ1n) is 3.86. The zero-order valence-corrected chi connectivity index (χ0v) is 8.41. The molecule has 0 fully saturated rings. The van der Waals surface area contributed by atoms with E-state index in [1.807, 2.05) is 0 Å². The van der Waals surface area contributed by atoms with Gasteiger partial charge in [0.15, 0.2) is 0 Å². The van der Waals surface area contributed by atoms with E-state index in [1.165, 1.54) is 13.0 Å². The van der Waals surface area contributed by atoms with Gasteiger partial charge in [-0.1, -0.05) is 0 Å². The molecule has 0 amide bonds. The van der Waals surface area contributed by atoms with Crippen LogP contribution >= 0.6 is 11.6 Å². The number of hydrogen-bond donors (Lipinski definition) is 0. The van der Waals surface area contributed by atoms with Crippen molar-refractivity contribution in [2.24, 2.45) is 0 Å². The van der Waals surface area contributed by atoms with Crippen LogP contribution in [0.15, 0.2) is 12.1 Å². The second kappa shape index (κ2) is 4.07. The highest BCUT2D eigenvalue weighted by molar-refractivity contribution is 6.68. The molecule has 5 nitrogen and oxygen atoms in total. The first-order valence-corrected chi connectivity index (χ1v) is 4.24. The Labute approximate surface area is 90.0 Å². The molecule has 76 valence electrons. The molecule has 6 heteroatoms. The van der Waals surface area contributed by atoms with E-state index < -0.39 is 10.2 Å². The molecule has 0 bridgehead atoms. The van der Waals surface area contributed by atoms with Gasteiger partial charge >= 0.3 is 0 Å². The van der Waals surface area contributed by atoms with E-state index in [4.69, 9.17) is 16.9 Å². The number of nitrogens with zero attached hydrogens (tertiary/aromatic N) is 2. The van der Waals surface area contributed by atoms with Gasteiger partial charge in [-0.3, -0.25) is 14.9 Å². The Hall–Kier alpha value is -1.93. The predicted octanol–water partition coefficient (Wildman–Crippen LogP) is 2.15. The Morgan fingerprint density at radius 1 is 1.60 bits per heavy atom. The van der Waals surface area contributed by atoms with Crippen LogP contribution in [0.3, 0.4) is 0 Å². The van der Waals surface area contributed by atoms with Gasteiger partial charge in [0, 0.05) is 17.2 Å². The third kappa shape index (κ3) is 2.11. The average molecular weight is 225 g/mol. The number of carbonyl (C=O) groups excluding carboxylic acids is 1. The van der Waals surface area contributed by atoms with Crippen molar-refractivity contribution in [1.82, 2.24) is 0 Å². The molecule has 1 rings (SSSR count). The summed E-state index contributed by atoms with van der Waals surface area (Å²) in [7, 11) is 0. The predicted molar refractivity (Wildman–Crippen MR) is 52.7 cm³/mol. The van der Waals surface area contributed by atoms with Gasteiger partial charge in [-0.2, -0.15) is 5.26 Å². The summed E-state index contributed by atoms with van der Waals surface area (Å²) in [6, 6.07) is 4.07. The molecule has 1 aromatic carbocycles. The SMILES string of the molecule is Cc1c(C(=O)Cl)cc(C#N)cc1[N+](=O)[O-]. The number of hydrogen-bond acceptors (Lipinski definition) is 4. The normalized spacial score (nSPS) is 9.40. The van der Waals surface area contributed by atoms with Crippen molar-refractivity contribution in [1.29, 1.82) is 5.26 Å². The highest BCUT2D eigenvalue weighted by atomic mass is 35.5. The molecule has 0 N–H and O–H groups in total. The summed E-state index contributed by atoms with van der Waals surface area (Å²) in [5.41, 5.74) is -0.0873. The summed E-state index contributed by atoms with van der Waals surface area (Å²) >= 11 is 5.24. The number of nitro groups is 1. The molecule has 0 radical (unpaired) electrons. The van der Waals surface area contributed by atoms with Gasteiger partial charge in [-0.15, -0.1) is 0 Å². The lowest BCUT2D eigenvalue weighted by Gasteiger charge is -2.02. The van der Waals surface area contributed by atoms with E-state index >= 15 is 0 Å². The summed E-state index contributed by atoms with van der Waals surface area (Å²) in [5, 5.41) is 18.4. The van der Waals surface area contributed by atoms with Crippen molar-refractivity contribution >= 4 is 22.5 Å². The lowest BCUT2D eigenvalue weighted by atomic mass is 10.0. The third-order valence-corrected chi connectivity index (χ3v) is 2.12. The fraction of sp³-hybridized carbons (Fsp3) is 0.111.